The highest BCUT2D eigenvalue weighted by Crippen LogP contribution is 2.24. The van der Waals surface area contributed by atoms with Gasteiger partial charge in [0.05, 0.1) is 25.2 Å². The van der Waals surface area contributed by atoms with E-state index in [1.54, 1.807) is 0 Å². The zero-order chi connectivity index (χ0) is 9.10. The number of allylic oxidation sites excluding steroid dienone is 1. The average Bonchev–Trinajstić information content (AvgIpc) is 2.14. The fourth-order valence-electron chi connectivity index (χ4n) is 1.79. The molecule has 0 saturated carbocycles. The Hall–Kier alpha value is -0.830. The van der Waals surface area contributed by atoms with Crippen LogP contribution in [-0.4, -0.2) is 25.3 Å². The Kier molecular flexibility index (Phi) is 2.64. The maximum Gasteiger partial charge on any atom is 0.311 e. The van der Waals surface area contributed by atoms with E-state index in [0.29, 0.717) is 13.2 Å². The summed E-state index contributed by atoms with van der Waals surface area (Å²) in [7, 11) is 0. The molecule has 2 aliphatic rings. The quantitative estimate of drug-likeness (QED) is 0.418. The molecule has 1 saturated heterocycles. The van der Waals surface area contributed by atoms with Gasteiger partial charge in [0.1, 0.15) is 0 Å². The fourth-order valence-corrected chi connectivity index (χ4v) is 1.79. The first-order chi connectivity index (χ1) is 6.38. The minimum Gasteiger partial charge on any atom is -0.465 e. The second-order valence-electron chi connectivity index (χ2n) is 3.47. The molecule has 1 aliphatic carbocycles. The van der Waals surface area contributed by atoms with Crippen molar-refractivity contribution >= 4 is 5.97 Å². The molecule has 13 heavy (non-hydrogen) atoms. The molecule has 0 bridgehead atoms. The van der Waals surface area contributed by atoms with Crippen molar-refractivity contribution in [2.45, 2.75) is 25.4 Å². The second-order valence-corrected chi connectivity index (χ2v) is 3.47. The smallest absolute Gasteiger partial charge is 0.311 e. The number of cyclic esters (lactones) is 1. The van der Waals surface area contributed by atoms with Crippen LogP contribution in [0.5, 0.6) is 0 Å². The number of carbonyl (C=O) groups is 1. The molecule has 3 heteroatoms. The lowest BCUT2D eigenvalue weighted by Gasteiger charge is -2.28. The van der Waals surface area contributed by atoms with E-state index in [1.165, 1.54) is 0 Å². The molecule has 0 amide bonds. The molecule has 2 rings (SSSR count). The molecule has 2 atom stereocenters. The highest BCUT2D eigenvalue weighted by Gasteiger charge is 2.31. The van der Waals surface area contributed by atoms with Crippen molar-refractivity contribution in [3.63, 3.8) is 0 Å². The summed E-state index contributed by atoms with van der Waals surface area (Å²) in [6.45, 7) is 1.20. The van der Waals surface area contributed by atoms with Crippen LogP contribution >= 0.6 is 0 Å². The summed E-state index contributed by atoms with van der Waals surface area (Å²) in [6.07, 6.45) is 6.65. The maximum atomic E-state index is 11.5. The summed E-state index contributed by atoms with van der Waals surface area (Å²) < 4.78 is 10.7. The molecule has 0 N–H and O–H groups in total. The third-order valence-corrected chi connectivity index (χ3v) is 2.51. The van der Waals surface area contributed by atoms with Gasteiger partial charge in [0.15, 0.2) is 0 Å². The summed E-state index contributed by atoms with van der Waals surface area (Å²) in [6, 6.07) is 0. The molecule has 0 radical (unpaired) electrons. The van der Waals surface area contributed by atoms with Crippen LogP contribution in [0, 0.1) is 5.92 Å². The van der Waals surface area contributed by atoms with Crippen LogP contribution in [0.3, 0.4) is 0 Å². The molecule has 0 aromatic rings. The molecule has 0 spiro atoms. The number of hydrogen-bond acceptors (Lipinski definition) is 3. The molecular formula is C10H14O3. The van der Waals surface area contributed by atoms with Crippen LogP contribution in [-0.2, 0) is 14.3 Å². The van der Waals surface area contributed by atoms with Crippen LogP contribution in [0.25, 0.3) is 0 Å². The Morgan fingerprint density at radius 1 is 1.38 bits per heavy atom. The molecule has 1 fully saturated rings. The van der Waals surface area contributed by atoms with Crippen molar-refractivity contribution in [1.29, 1.82) is 0 Å². The first-order valence-corrected chi connectivity index (χ1v) is 4.83. The number of carbonyl (C=O) groups excluding carboxylic acids is 1. The summed E-state index contributed by atoms with van der Waals surface area (Å²) in [5, 5.41) is 0. The monoisotopic (exact) mass is 182 g/mol. The van der Waals surface area contributed by atoms with Crippen LogP contribution < -0.4 is 0 Å². The van der Waals surface area contributed by atoms with Crippen LogP contribution in [0.15, 0.2) is 12.2 Å². The Morgan fingerprint density at radius 3 is 3.23 bits per heavy atom. The van der Waals surface area contributed by atoms with Crippen LogP contribution in [0.4, 0.5) is 0 Å². The third kappa shape index (κ3) is 1.91. The fraction of sp³-hybridized carbons (Fsp3) is 0.700. The van der Waals surface area contributed by atoms with Crippen molar-refractivity contribution in [3.8, 4) is 0 Å². The summed E-state index contributed by atoms with van der Waals surface area (Å²) in [5.41, 5.74) is 0. The number of ether oxygens (including phenoxy) is 2. The Labute approximate surface area is 77.7 Å². The van der Waals surface area contributed by atoms with E-state index in [9.17, 15) is 4.79 Å². The number of hydrogen-bond donors (Lipinski definition) is 0. The van der Waals surface area contributed by atoms with Gasteiger partial charge in [-0.3, -0.25) is 4.79 Å². The van der Waals surface area contributed by atoms with Gasteiger partial charge in [-0.15, -0.1) is 0 Å². The topological polar surface area (TPSA) is 35.5 Å². The third-order valence-electron chi connectivity index (χ3n) is 2.51. The highest BCUT2D eigenvalue weighted by atomic mass is 16.5. The van der Waals surface area contributed by atoms with Crippen molar-refractivity contribution in [2.24, 2.45) is 5.92 Å². The maximum absolute atomic E-state index is 11.5. The molecule has 0 unspecified atom stereocenters. The lowest BCUT2D eigenvalue weighted by Crippen LogP contribution is -2.35. The Morgan fingerprint density at radius 2 is 2.31 bits per heavy atom. The van der Waals surface area contributed by atoms with Gasteiger partial charge in [-0.05, 0) is 12.8 Å². The second kappa shape index (κ2) is 3.92. The van der Waals surface area contributed by atoms with E-state index in [1.807, 2.05) is 6.08 Å². The molecule has 0 aromatic heterocycles. The van der Waals surface area contributed by atoms with Crippen LogP contribution in [0.1, 0.15) is 19.3 Å². The van der Waals surface area contributed by atoms with Crippen molar-refractivity contribution in [1.82, 2.24) is 0 Å². The number of rotatable bonds is 0. The van der Waals surface area contributed by atoms with Gasteiger partial charge >= 0.3 is 5.97 Å². The zero-order valence-corrected chi connectivity index (χ0v) is 7.57. The van der Waals surface area contributed by atoms with Gasteiger partial charge in [-0.2, -0.15) is 0 Å². The van der Waals surface area contributed by atoms with Crippen LogP contribution in [0.2, 0.25) is 0 Å². The normalized spacial score (nSPS) is 34.3. The first kappa shape index (κ1) is 8.75. The zero-order valence-electron chi connectivity index (χ0n) is 7.57. The molecule has 1 aliphatic heterocycles. The molecule has 72 valence electrons. The van der Waals surface area contributed by atoms with Crippen molar-refractivity contribution in [2.75, 3.05) is 13.2 Å². The predicted octanol–water partition coefficient (Wildman–Crippen LogP) is 1.28. The minimum atomic E-state index is -0.0888. The van der Waals surface area contributed by atoms with Crippen molar-refractivity contribution < 1.29 is 14.3 Å². The van der Waals surface area contributed by atoms with Gasteiger partial charge in [-0.1, -0.05) is 12.2 Å². The molecule has 1 heterocycles. The number of fused-ring (bicyclic) bond motifs is 1. The minimum absolute atomic E-state index is 0.0402. The molecule has 0 aromatic carbocycles. The SMILES string of the molecule is O=C1OCCCO[C@H]2C=CCC[C@@H]12. The average molecular weight is 182 g/mol. The lowest BCUT2D eigenvalue weighted by molar-refractivity contribution is -0.157. The number of esters is 1. The summed E-state index contributed by atoms with van der Waals surface area (Å²) in [5.74, 6) is -0.153. The van der Waals surface area contributed by atoms with E-state index in [4.69, 9.17) is 9.47 Å². The lowest BCUT2D eigenvalue weighted by atomic mass is 9.91. The van der Waals surface area contributed by atoms with Gasteiger partial charge in [0.2, 0.25) is 0 Å². The van der Waals surface area contributed by atoms with Gasteiger partial charge in [-0.25, -0.2) is 0 Å². The van der Waals surface area contributed by atoms with E-state index in [0.717, 1.165) is 19.3 Å². The largest absolute Gasteiger partial charge is 0.465 e. The summed E-state index contributed by atoms with van der Waals surface area (Å²) in [4.78, 5) is 11.5. The van der Waals surface area contributed by atoms with E-state index >= 15 is 0 Å². The van der Waals surface area contributed by atoms with E-state index in [2.05, 4.69) is 6.08 Å². The Bertz CT molecular complexity index is 222. The Balaban J connectivity index is 2.09. The highest BCUT2D eigenvalue weighted by molar-refractivity contribution is 5.73. The standard InChI is InChI=1S/C10H14O3/c11-10-8-4-1-2-5-9(8)12-6-3-7-13-10/h2,5,8-9H,1,3-4,6-7H2/t8-,9+/m1/s1. The molecule has 3 nitrogen and oxygen atoms in total. The summed E-state index contributed by atoms with van der Waals surface area (Å²) >= 11 is 0. The van der Waals surface area contributed by atoms with Gasteiger partial charge in [0.25, 0.3) is 0 Å². The van der Waals surface area contributed by atoms with E-state index < -0.39 is 0 Å². The molecular weight excluding hydrogens is 168 g/mol. The van der Waals surface area contributed by atoms with Crippen molar-refractivity contribution in [3.05, 3.63) is 12.2 Å². The first-order valence-electron chi connectivity index (χ1n) is 4.83. The predicted molar refractivity (Wildman–Crippen MR) is 47.2 cm³/mol. The van der Waals surface area contributed by atoms with Gasteiger partial charge < -0.3 is 9.47 Å². The van der Waals surface area contributed by atoms with Gasteiger partial charge in [0, 0.05) is 6.42 Å². The van der Waals surface area contributed by atoms with E-state index in [-0.39, 0.29) is 18.0 Å².